The van der Waals surface area contributed by atoms with Crippen LogP contribution in [0.1, 0.15) is 30.6 Å². The molecule has 158 valence electrons. The summed E-state index contributed by atoms with van der Waals surface area (Å²) < 4.78 is 71.4. The number of thiophene rings is 1. The van der Waals surface area contributed by atoms with Crippen molar-refractivity contribution in [1.29, 1.82) is 0 Å². The largest absolute Gasteiger partial charge is 0.392 e. The molecule has 0 bridgehead atoms. The Labute approximate surface area is 166 Å². The van der Waals surface area contributed by atoms with Gasteiger partial charge in [-0.2, -0.15) is 17.5 Å². The Morgan fingerprint density at radius 1 is 1.21 bits per heavy atom. The number of alkyl halides is 3. The Balaban J connectivity index is 1.61. The first-order valence-corrected chi connectivity index (χ1v) is 11.5. The maximum atomic E-state index is 13.2. The molecule has 1 aliphatic carbocycles. The van der Waals surface area contributed by atoms with Crippen LogP contribution >= 0.6 is 11.3 Å². The lowest BCUT2D eigenvalue weighted by molar-refractivity contribution is -0.198. The summed E-state index contributed by atoms with van der Waals surface area (Å²) in [5.41, 5.74) is 0. The maximum absolute atomic E-state index is 13.2. The molecule has 1 aromatic rings. The standard InChI is InChI=1S/C17H23F3N2O4S2/c18-17(19,20)14-4-2-1-3-13(14)16(23)21-11-12-5-6-15(27-12)28(24,25)22-7-9-26-10-8-22/h5-6,13-14H,1-4,7-11H2,(H,21,23). The van der Waals surface area contributed by atoms with E-state index in [0.717, 1.165) is 11.3 Å². The van der Waals surface area contributed by atoms with E-state index in [-0.39, 0.29) is 36.7 Å². The number of nitrogens with zero attached hydrogens (tertiary/aromatic N) is 1. The van der Waals surface area contributed by atoms with Gasteiger partial charge in [-0.25, -0.2) is 8.42 Å². The topological polar surface area (TPSA) is 75.7 Å². The number of amides is 1. The van der Waals surface area contributed by atoms with Crippen molar-refractivity contribution in [1.82, 2.24) is 9.62 Å². The van der Waals surface area contributed by atoms with Gasteiger partial charge in [0.2, 0.25) is 5.91 Å². The summed E-state index contributed by atoms with van der Waals surface area (Å²) in [5, 5.41) is 2.56. The molecule has 1 amide bonds. The molecular weight excluding hydrogens is 417 g/mol. The third-order valence-corrected chi connectivity index (χ3v) is 8.61. The lowest BCUT2D eigenvalue weighted by atomic mass is 9.78. The number of carbonyl (C=O) groups excluding carboxylic acids is 1. The zero-order chi connectivity index (χ0) is 20.4. The minimum Gasteiger partial charge on any atom is -0.379 e. The normalized spacial score (nSPS) is 24.8. The number of morpholine rings is 1. The molecule has 6 nitrogen and oxygen atoms in total. The summed E-state index contributed by atoms with van der Waals surface area (Å²) in [6.07, 6.45) is -3.11. The van der Waals surface area contributed by atoms with Gasteiger partial charge < -0.3 is 10.1 Å². The maximum Gasteiger partial charge on any atom is 0.392 e. The molecule has 1 aliphatic heterocycles. The van der Waals surface area contributed by atoms with Gasteiger partial charge in [-0.15, -0.1) is 11.3 Å². The van der Waals surface area contributed by atoms with E-state index in [1.807, 2.05) is 0 Å². The van der Waals surface area contributed by atoms with Crippen LogP contribution in [0, 0.1) is 11.8 Å². The van der Waals surface area contributed by atoms with Crippen LogP contribution in [0.25, 0.3) is 0 Å². The van der Waals surface area contributed by atoms with Gasteiger partial charge in [0.15, 0.2) is 0 Å². The second-order valence-corrected chi connectivity index (χ2v) is 10.3. The van der Waals surface area contributed by atoms with Gasteiger partial charge in [0.1, 0.15) is 4.21 Å². The smallest absolute Gasteiger partial charge is 0.379 e. The van der Waals surface area contributed by atoms with E-state index in [1.165, 1.54) is 10.4 Å². The van der Waals surface area contributed by atoms with Gasteiger partial charge in [-0.05, 0) is 25.0 Å². The number of hydrogen-bond donors (Lipinski definition) is 1. The SMILES string of the molecule is O=C(NCc1ccc(S(=O)(=O)N2CCOCC2)s1)C1CCCCC1C(F)(F)F. The average molecular weight is 441 g/mol. The van der Waals surface area contributed by atoms with Gasteiger partial charge in [0.05, 0.1) is 25.7 Å². The third-order valence-electron chi connectivity index (χ3n) is 5.16. The first kappa shape index (κ1) is 21.5. The number of hydrogen-bond acceptors (Lipinski definition) is 5. The lowest BCUT2D eigenvalue weighted by Crippen LogP contribution is -2.42. The van der Waals surface area contributed by atoms with Crippen LogP contribution < -0.4 is 5.32 Å². The molecule has 1 saturated carbocycles. The molecule has 2 heterocycles. The monoisotopic (exact) mass is 440 g/mol. The van der Waals surface area contributed by atoms with Crippen molar-refractivity contribution < 1.29 is 31.1 Å². The fraction of sp³-hybridized carbons (Fsp3) is 0.706. The Kier molecular flexibility index (Phi) is 6.68. The van der Waals surface area contributed by atoms with Crippen molar-refractivity contribution in [2.45, 2.75) is 42.6 Å². The quantitative estimate of drug-likeness (QED) is 0.764. The van der Waals surface area contributed by atoms with Gasteiger partial charge in [0.25, 0.3) is 10.0 Å². The van der Waals surface area contributed by atoms with Crippen LogP contribution in [0.4, 0.5) is 13.2 Å². The highest BCUT2D eigenvalue weighted by atomic mass is 32.2. The lowest BCUT2D eigenvalue weighted by Gasteiger charge is -2.31. The summed E-state index contributed by atoms with van der Waals surface area (Å²) in [5.74, 6) is -3.31. The number of ether oxygens (including phenoxy) is 1. The highest BCUT2D eigenvalue weighted by Crippen LogP contribution is 2.41. The van der Waals surface area contributed by atoms with Gasteiger partial charge in [-0.1, -0.05) is 12.8 Å². The van der Waals surface area contributed by atoms with Gasteiger partial charge >= 0.3 is 6.18 Å². The summed E-state index contributed by atoms with van der Waals surface area (Å²) in [4.78, 5) is 12.9. The summed E-state index contributed by atoms with van der Waals surface area (Å²) in [7, 11) is -3.62. The summed E-state index contributed by atoms with van der Waals surface area (Å²) in [6.45, 7) is 1.27. The molecule has 3 rings (SSSR count). The van der Waals surface area contributed by atoms with Gasteiger partial charge in [-0.3, -0.25) is 4.79 Å². The van der Waals surface area contributed by atoms with Crippen molar-refractivity contribution >= 4 is 27.3 Å². The molecule has 2 aliphatic rings. The second kappa shape index (κ2) is 8.68. The van der Waals surface area contributed by atoms with Crippen molar-refractivity contribution in [3.05, 3.63) is 17.0 Å². The number of sulfonamides is 1. The molecule has 11 heteroatoms. The van der Waals surface area contributed by atoms with Crippen molar-refractivity contribution in [2.24, 2.45) is 11.8 Å². The zero-order valence-electron chi connectivity index (χ0n) is 15.2. The van der Waals surface area contributed by atoms with Crippen LogP contribution in [-0.2, 0) is 26.1 Å². The molecule has 0 radical (unpaired) electrons. The van der Waals surface area contributed by atoms with Crippen LogP contribution in [0.2, 0.25) is 0 Å². The highest BCUT2D eigenvalue weighted by molar-refractivity contribution is 7.91. The molecule has 1 saturated heterocycles. The first-order valence-electron chi connectivity index (χ1n) is 9.20. The zero-order valence-corrected chi connectivity index (χ0v) is 16.8. The van der Waals surface area contributed by atoms with Crippen molar-refractivity contribution in [3.63, 3.8) is 0 Å². The molecular formula is C17H23F3N2O4S2. The van der Waals surface area contributed by atoms with Crippen LogP contribution in [-0.4, -0.2) is 51.1 Å². The van der Waals surface area contributed by atoms with E-state index in [1.54, 1.807) is 6.07 Å². The molecule has 0 spiro atoms. The molecule has 2 atom stereocenters. The Bertz CT molecular complexity index is 789. The Morgan fingerprint density at radius 2 is 1.89 bits per heavy atom. The molecule has 2 fully saturated rings. The van der Waals surface area contributed by atoms with E-state index in [2.05, 4.69) is 5.32 Å². The van der Waals surface area contributed by atoms with E-state index in [9.17, 15) is 26.4 Å². The molecule has 28 heavy (non-hydrogen) atoms. The minimum absolute atomic E-state index is 0.0171. The fourth-order valence-corrected chi connectivity index (χ4v) is 6.51. The van der Waals surface area contributed by atoms with Gasteiger partial charge in [0, 0.05) is 23.9 Å². The van der Waals surface area contributed by atoms with E-state index in [4.69, 9.17) is 4.74 Å². The fourth-order valence-electron chi connectivity index (χ4n) is 3.65. The predicted molar refractivity (Wildman–Crippen MR) is 97.2 cm³/mol. The third kappa shape index (κ3) is 4.87. The summed E-state index contributed by atoms with van der Waals surface area (Å²) in [6, 6.07) is 3.05. The Morgan fingerprint density at radius 3 is 2.57 bits per heavy atom. The number of halogens is 3. The van der Waals surface area contributed by atoms with Crippen molar-refractivity contribution in [2.75, 3.05) is 26.3 Å². The first-order chi connectivity index (χ1) is 13.2. The van der Waals surface area contributed by atoms with Crippen LogP contribution in [0.15, 0.2) is 16.3 Å². The van der Waals surface area contributed by atoms with E-state index < -0.39 is 33.9 Å². The molecule has 1 aromatic heterocycles. The predicted octanol–water partition coefficient (Wildman–Crippen LogP) is 2.75. The molecule has 2 unspecified atom stereocenters. The van der Waals surface area contributed by atoms with E-state index >= 15 is 0 Å². The van der Waals surface area contributed by atoms with E-state index in [0.29, 0.717) is 30.9 Å². The molecule has 0 aromatic carbocycles. The average Bonchev–Trinajstić information content (AvgIpc) is 3.16. The Hall–Kier alpha value is -1.17. The molecule has 1 N–H and O–H groups in total. The minimum atomic E-state index is -4.38. The van der Waals surface area contributed by atoms with Crippen LogP contribution in [0.3, 0.4) is 0 Å². The summed E-state index contributed by atoms with van der Waals surface area (Å²) >= 11 is 1.02. The number of rotatable bonds is 5. The highest BCUT2D eigenvalue weighted by Gasteiger charge is 2.47. The van der Waals surface area contributed by atoms with Crippen molar-refractivity contribution in [3.8, 4) is 0 Å². The number of carbonyl (C=O) groups is 1. The second-order valence-electron chi connectivity index (χ2n) is 6.99. The number of nitrogens with one attached hydrogen (secondary N) is 1. The van der Waals surface area contributed by atoms with Crippen LogP contribution in [0.5, 0.6) is 0 Å².